The molecule has 2 N–H and O–H groups in total. The summed E-state index contributed by atoms with van der Waals surface area (Å²) < 4.78 is 0. The van der Waals surface area contributed by atoms with Crippen molar-refractivity contribution < 1.29 is 19.8 Å². The van der Waals surface area contributed by atoms with Gasteiger partial charge in [-0.15, -0.1) is 0 Å². The van der Waals surface area contributed by atoms with Crippen LogP contribution in [-0.4, -0.2) is 45.7 Å². The van der Waals surface area contributed by atoms with Gasteiger partial charge >= 0.3 is 5.97 Å². The van der Waals surface area contributed by atoms with E-state index < -0.39 is 18.1 Å². The van der Waals surface area contributed by atoms with Gasteiger partial charge < -0.3 is 15.1 Å². The standard InChI is InChI=1S/C11H19NO4/c1-3-7(2)4-10(14)12-6-8(13)5-9(12)11(15)16/h7-9,13H,3-6H2,1-2H3,(H,15,16)/t7?,8-,9+/m1/s1. The van der Waals surface area contributed by atoms with Crippen LogP contribution in [-0.2, 0) is 9.59 Å². The highest BCUT2D eigenvalue weighted by atomic mass is 16.4. The van der Waals surface area contributed by atoms with E-state index in [0.29, 0.717) is 6.42 Å². The van der Waals surface area contributed by atoms with E-state index in [2.05, 4.69) is 0 Å². The molecule has 1 rings (SSSR count). The van der Waals surface area contributed by atoms with Crippen LogP contribution in [0.15, 0.2) is 0 Å². The van der Waals surface area contributed by atoms with Crippen LogP contribution in [0, 0.1) is 5.92 Å². The SMILES string of the molecule is CCC(C)CC(=O)N1C[C@H](O)C[C@H]1C(=O)O. The molecule has 0 aliphatic carbocycles. The number of nitrogens with zero attached hydrogens (tertiary/aromatic N) is 1. The van der Waals surface area contributed by atoms with Crippen LogP contribution in [0.3, 0.4) is 0 Å². The van der Waals surface area contributed by atoms with Gasteiger partial charge in [0.05, 0.1) is 6.10 Å². The first kappa shape index (κ1) is 13.0. The Labute approximate surface area is 95.1 Å². The lowest BCUT2D eigenvalue weighted by atomic mass is 10.0. The Bertz CT molecular complexity index is 279. The molecular weight excluding hydrogens is 210 g/mol. The fourth-order valence-electron chi connectivity index (χ4n) is 1.88. The van der Waals surface area contributed by atoms with Gasteiger partial charge in [0.25, 0.3) is 0 Å². The minimum absolute atomic E-state index is 0.140. The molecule has 0 bridgehead atoms. The van der Waals surface area contributed by atoms with Gasteiger partial charge in [0.2, 0.25) is 5.91 Å². The summed E-state index contributed by atoms with van der Waals surface area (Å²) in [7, 11) is 0. The van der Waals surface area contributed by atoms with E-state index in [0.717, 1.165) is 6.42 Å². The molecule has 1 fully saturated rings. The third-order valence-electron chi connectivity index (χ3n) is 3.10. The van der Waals surface area contributed by atoms with Crippen molar-refractivity contribution in [2.45, 2.75) is 45.3 Å². The molecule has 1 unspecified atom stereocenters. The number of amides is 1. The number of aliphatic carboxylic acids is 1. The first-order chi connectivity index (χ1) is 7.45. The molecule has 92 valence electrons. The second-order valence-corrected chi connectivity index (χ2v) is 4.51. The van der Waals surface area contributed by atoms with E-state index in [1.54, 1.807) is 0 Å². The molecule has 1 aliphatic heterocycles. The average Bonchev–Trinajstić information content (AvgIpc) is 2.60. The van der Waals surface area contributed by atoms with Gasteiger partial charge in [0, 0.05) is 19.4 Å². The Balaban J connectivity index is 2.63. The maximum Gasteiger partial charge on any atom is 0.326 e. The van der Waals surface area contributed by atoms with Crippen molar-refractivity contribution in [3.8, 4) is 0 Å². The predicted molar refractivity (Wildman–Crippen MR) is 57.8 cm³/mol. The largest absolute Gasteiger partial charge is 0.480 e. The average molecular weight is 229 g/mol. The fourth-order valence-corrected chi connectivity index (χ4v) is 1.88. The molecule has 5 nitrogen and oxygen atoms in total. The van der Waals surface area contributed by atoms with Gasteiger partial charge in [-0.3, -0.25) is 4.79 Å². The molecule has 0 aromatic heterocycles. The van der Waals surface area contributed by atoms with Crippen molar-refractivity contribution in [1.29, 1.82) is 0 Å². The molecule has 5 heteroatoms. The van der Waals surface area contributed by atoms with Crippen LogP contribution in [0.2, 0.25) is 0 Å². The molecule has 0 aromatic rings. The van der Waals surface area contributed by atoms with Crippen molar-refractivity contribution in [1.82, 2.24) is 4.90 Å². The highest BCUT2D eigenvalue weighted by Gasteiger charge is 2.38. The summed E-state index contributed by atoms with van der Waals surface area (Å²) >= 11 is 0. The number of carbonyl (C=O) groups is 2. The van der Waals surface area contributed by atoms with Crippen molar-refractivity contribution in [3.05, 3.63) is 0 Å². The Morgan fingerprint density at radius 2 is 2.12 bits per heavy atom. The number of hydrogen-bond donors (Lipinski definition) is 2. The van der Waals surface area contributed by atoms with Gasteiger partial charge in [0.15, 0.2) is 0 Å². The van der Waals surface area contributed by atoms with Crippen molar-refractivity contribution >= 4 is 11.9 Å². The highest BCUT2D eigenvalue weighted by molar-refractivity contribution is 5.84. The third kappa shape index (κ3) is 2.95. The van der Waals surface area contributed by atoms with E-state index in [1.165, 1.54) is 4.90 Å². The second kappa shape index (κ2) is 5.30. The number of aliphatic hydroxyl groups excluding tert-OH is 1. The van der Waals surface area contributed by atoms with Crippen molar-refractivity contribution in [2.75, 3.05) is 6.54 Å². The van der Waals surface area contributed by atoms with E-state index in [-0.39, 0.29) is 24.8 Å². The monoisotopic (exact) mass is 229 g/mol. The lowest BCUT2D eigenvalue weighted by Crippen LogP contribution is -2.41. The molecule has 1 amide bonds. The first-order valence-corrected chi connectivity index (χ1v) is 5.66. The Kier molecular flexibility index (Phi) is 4.29. The van der Waals surface area contributed by atoms with Gasteiger partial charge in [-0.05, 0) is 5.92 Å². The van der Waals surface area contributed by atoms with Gasteiger partial charge in [-0.1, -0.05) is 20.3 Å². The number of hydrogen-bond acceptors (Lipinski definition) is 3. The van der Waals surface area contributed by atoms with Gasteiger partial charge in [-0.2, -0.15) is 0 Å². The second-order valence-electron chi connectivity index (χ2n) is 4.51. The lowest BCUT2D eigenvalue weighted by molar-refractivity contribution is -0.148. The molecule has 1 heterocycles. The van der Waals surface area contributed by atoms with Crippen LogP contribution in [0.1, 0.15) is 33.1 Å². The molecule has 0 spiro atoms. The number of β-amino-alcohol motifs (C(OH)–C–C–N with tert-alkyl or cyclic N) is 1. The molecule has 16 heavy (non-hydrogen) atoms. The summed E-state index contributed by atoms with van der Waals surface area (Å²) in [4.78, 5) is 24.0. The van der Waals surface area contributed by atoms with Crippen molar-refractivity contribution in [3.63, 3.8) is 0 Å². The Morgan fingerprint density at radius 1 is 1.50 bits per heavy atom. The van der Waals surface area contributed by atoms with Crippen molar-refractivity contribution in [2.24, 2.45) is 5.92 Å². The summed E-state index contributed by atoms with van der Waals surface area (Å²) in [5.74, 6) is -0.952. The van der Waals surface area contributed by atoms with E-state index in [1.807, 2.05) is 13.8 Å². The van der Waals surface area contributed by atoms with Crippen LogP contribution >= 0.6 is 0 Å². The van der Waals surface area contributed by atoms with Gasteiger partial charge in [-0.25, -0.2) is 4.79 Å². The summed E-state index contributed by atoms with van der Waals surface area (Å²) in [6.45, 7) is 4.10. The Hall–Kier alpha value is -1.10. The maximum atomic E-state index is 11.8. The number of rotatable bonds is 4. The highest BCUT2D eigenvalue weighted by Crippen LogP contribution is 2.21. The van der Waals surface area contributed by atoms with Crippen LogP contribution in [0.4, 0.5) is 0 Å². The molecule has 0 saturated carbocycles. The van der Waals surface area contributed by atoms with Gasteiger partial charge in [0.1, 0.15) is 6.04 Å². The van der Waals surface area contributed by atoms with Crippen LogP contribution in [0.5, 0.6) is 0 Å². The quantitative estimate of drug-likeness (QED) is 0.734. The zero-order valence-corrected chi connectivity index (χ0v) is 9.72. The van der Waals surface area contributed by atoms with E-state index >= 15 is 0 Å². The number of likely N-dealkylation sites (tertiary alicyclic amines) is 1. The predicted octanol–water partition coefficient (Wildman–Crippen LogP) is 0.469. The number of carboxylic acid groups (broad SMARTS) is 1. The summed E-state index contributed by atoms with van der Waals surface area (Å²) in [6.07, 6.45) is 0.677. The minimum Gasteiger partial charge on any atom is -0.480 e. The normalized spacial score (nSPS) is 26.8. The Morgan fingerprint density at radius 3 is 2.62 bits per heavy atom. The summed E-state index contributed by atoms with van der Waals surface area (Å²) in [5, 5.41) is 18.3. The molecular formula is C11H19NO4. The summed E-state index contributed by atoms with van der Waals surface area (Å²) in [6, 6.07) is -0.855. The number of carboxylic acids is 1. The smallest absolute Gasteiger partial charge is 0.326 e. The lowest BCUT2D eigenvalue weighted by Gasteiger charge is -2.22. The summed E-state index contributed by atoms with van der Waals surface area (Å²) in [5.41, 5.74) is 0. The fraction of sp³-hybridized carbons (Fsp3) is 0.818. The van der Waals surface area contributed by atoms with E-state index in [9.17, 15) is 14.7 Å². The third-order valence-corrected chi connectivity index (χ3v) is 3.10. The zero-order valence-electron chi connectivity index (χ0n) is 9.72. The van der Waals surface area contributed by atoms with Crippen LogP contribution < -0.4 is 0 Å². The van der Waals surface area contributed by atoms with Crippen LogP contribution in [0.25, 0.3) is 0 Å². The molecule has 3 atom stereocenters. The molecule has 1 aliphatic rings. The minimum atomic E-state index is -1.03. The number of aliphatic hydroxyl groups is 1. The number of carbonyl (C=O) groups excluding carboxylic acids is 1. The molecule has 1 saturated heterocycles. The van der Waals surface area contributed by atoms with E-state index in [4.69, 9.17) is 5.11 Å². The molecule has 0 radical (unpaired) electrons. The zero-order chi connectivity index (χ0) is 12.3. The maximum absolute atomic E-state index is 11.8. The molecule has 0 aromatic carbocycles. The topological polar surface area (TPSA) is 77.8 Å². The first-order valence-electron chi connectivity index (χ1n) is 5.66.